The number of urea groups is 1. The average molecular weight is 272 g/mol. The molecule has 0 spiro atoms. The first-order valence-corrected chi connectivity index (χ1v) is 5.71. The molecule has 0 saturated carbocycles. The van der Waals surface area contributed by atoms with Crippen LogP contribution in [0.4, 0.5) is 4.79 Å². The maximum absolute atomic E-state index is 11.3. The second-order valence-corrected chi connectivity index (χ2v) is 3.66. The minimum Gasteiger partial charge on any atom is -0.482 e. The highest BCUT2D eigenvalue weighted by Gasteiger charge is 2.06. The van der Waals surface area contributed by atoms with Crippen LogP contribution < -0.4 is 20.9 Å². The number of hydrogen-bond acceptors (Lipinski definition) is 3. The Kier molecular flexibility index (Phi) is 5.79. The van der Waals surface area contributed by atoms with Gasteiger partial charge in [0.15, 0.2) is 6.61 Å². The van der Waals surface area contributed by atoms with Gasteiger partial charge in [0.2, 0.25) is 0 Å². The van der Waals surface area contributed by atoms with E-state index in [4.69, 9.17) is 16.3 Å². The number of ether oxygens (including phenoxy) is 1. The van der Waals surface area contributed by atoms with Gasteiger partial charge in [-0.05, 0) is 19.1 Å². The lowest BCUT2D eigenvalue weighted by Gasteiger charge is -2.09. The fourth-order valence-corrected chi connectivity index (χ4v) is 1.26. The van der Waals surface area contributed by atoms with Crippen molar-refractivity contribution in [3.8, 4) is 5.75 Å². The second-order valence-electron chi connectivity index (χ2n) is 3.25. The van der Waals surface area contributed by atoms with Crippen LogP contribution in [-0.2, 0) is 4.79 Å². The molecule has 98 valence electrons. The molecule has 0 atom stereocenters. The Bertz CT molecular complexity index is 426. The van der Waals surface area contributed by atoms with Crippen LogP contribution in [-0.4, -0.2) is 25.1 Å². The topological polar surface area (TPSA) is 79.5 Å². The predicted octanol–water partition coefficient (Wildman–Crippen LogP) is 1.07. The zero-order valence-corrected chi connectivity index (χ0v) is 10.6. The summed E-state index contributed by atoms with van der Waals surface area (Å²) in [6, 6.07) is 6.32. The number of hydrogen-bond donors (Lipinski definition) is 3. The number of halogens is 1. The Morgan fingerprint density at radius 2 is 2.00 bits per heavy atom. The van der Waals surface area contributed by atoms with Gasteiger partial charge >= 0.3 is 6.03 Å². The lowest BCUT2D eigenvalue weighted by molar-refractivity contribution is -0.123. The summed E-state index contributed by atoms with van der Waals surface area (Å²) < 4.78 is 5.18. The molecule has 0 radical (unpaired) electrons. The van der Waals surface area contributed by atoms with Gasteiger partial charge in [0.25, 0.3) is 5.91 Å². The molecular formula is C11H14ClN3O3. The second kappa shape index (κ2) is 7.39. The van der Waals surface area contributed by atoms with E-state index in [1.54, 1.807) is 31.2 Å². The molecule has 0 aliphatic rings. The molecule has 3 amide bonds. The minimum absolute atomic E-state index is 0.240. The first kappa shape index (κ1) is 14.1. The zero-order chi connectivity index (χ0) is 13.4. The largest absolute Gasteiger partial charge is 0.482 e. The van der Waals surface area contributed by atoms with Gasteiger partial charge in [0.05, 0.1) is 5.02 Å². The van der Waals surface area contributed by atoms with E-state index < -0.39 is 11.9 Å². The molecule has 18 heavy (non-hydrogen) atoms. The molecule has 0 saturated heterocycles. The van der Waals surface area contributed by atoms with Crippen molar-refractivity contribution in [3.05, 3.63) is 29.3 Å². The third-order valence-electron chi connectivity index (χ3n) is 1.85. The van der Waals surface area contributed by atoms with Crippen molar-refractivity contribution in [1.29, 1.82) is 0 Å². The Balaban J connectivity index is 2.29. The molecule has 1 aromatic carbocycles. The summed E-state index contributed by atoms with van der Waals surface area (Å²) in [5.41, 5.74) is 4.36. The van der Waals surface area contributed by atoms with Crippen molar-refractivity contribution in [1.82, 2.24) is 16.2 Å². The lowest BCUT2D eigenvalue weighted by Crippen LogP contribution is -2.48. The molecule has 3 N–H and O–H groups in total. The minimum atomic E-state index is -0.485. The molecule has 0 aliphatic heterocycles. The number of rotatable bonds is 4. The number of benzene rings is 1. The van der Waals surface area contributed by atoms with Gasteiger partial charge in [-0.3, -0.25) is 10.2 Å². The third-order valence-corrected chi connectivity index (χ3v) is 2.16. The number of hydrazine groups is 1. The molecule has 0 aromatic heterocycles. The van der Waals surface area contributed by atoms with Gasteiger partial charge < -0.3 is 10.1 Å². The molecule has 7 heteroatoms. The van der Waals surface area contributed by atoms with Crippen molar-refractivity contribution in [3.63, 3.8) is 0 Å². The fraction of sp³-hybridized carbons (Fsp3) is 0.273. The van der Waals surface area contributed by atoms with Gasteiger partial charge in [-0.1, -0.05) is 23.7 Å². The van der Waals surface area contributed by atoms with E-state index in [2.05, 4.69) is 16.2 Å². The SMILES string of the molecule is CCNC(=O)NNC(=O)COc1ccccc1Cl. The van der Waals surface area contributed by atoms with Crippen LogP contribution in [0.5, 0.6) is 5.75 Å². The Hall–Kier alpha value is -1.95. The zero-order valence-electron chi connectivity index (χ0n) is 9.83. The number of amides is 3. The summed E-state index contributed by atoms with van der Waals surface area (Å²) in [6.45, 7) is 2.00. The molecule has 1 aromatic rings. The summed E-state index contributed by atoms with van der Waals surface area (Å²) in [5.74, 6) is -0.0755. The lowest BCUT2D eigenvalue weighted by atomic mass is 10.3. The number of nitrogens with one attached hydrogen (secondary N) is 3. The average Bonchev–Trinajstić information content (AvgIpc) is 2.36. The van der Waals surface area contributed by atoms with E-state index >= 15 is 0 Å². The van der Waals surface area contributed by atoms with Crippen molar-refractivity contribution in [2.45, 2.75) is 6.92 Å². The van der Waals surface area contributed by atoms with Crippen LogP contribution in [0.3, 0.4) is 0 Å². The Morgan fingerprint density at radius 1 is 1.28 bits per heavy atom. The van der Waals surface area contributed by atoms with Gasteiger partial charge in [-0.2, -0.15) is 0 Å². The van der Waals surface area contributed by atoms with Crippen molar-refractivity contribution < 1.29 is 14.3 Å². The van der Waals surface area contributed by atoms with E-state index in [0.717, 1.165) is 0 Å². The Labute approximate surface area is 110 Å². The molecule has 0 unspecified atom stereocenters. The summed E-state index contributed by atoms with van der Waals surface area (Å²) in [4.78, 5) is 22.3. The predicted molar refractivity (Wildman–Crippen MR) is 67.3 cm³/mol. The summed E-state index contributed by atoms with van der Waals surface area (Å²) in [7, 11) is 0. The van der Waals surface area contributed by atoms with Crippen molar-refractivity contribution in [2.75, 3.05) is 13.2 Å². The van der Waals surface area contributed by atoms with Crippen molar-refractivity contribution >= 4 is 23.5 Å². The first-order chi connectivity index (χ1) is 8.63. The van der Waals surface area contributed by atoms with E-state index in [1.807, 2.05) is 0 Å². The van der Waals surface area contributed by atoms with Gasteiger partial charge in [0.1, 0.15) is 5.75 Å². The van der Waals surface area contributed by atoms with Gasteiger partial charge in [-0.25, -0.2) is 10.2 Å². The quantitative estimate of drug-likeness (QED) is 0.717. The maximum atomic E-state index is 11.3. The van der Waals surface area contributed by atoms with E-state index in [1.165, 1.54) is 0 Å². The third kappa shape index (κ3) is 4.92. The van der Waals surface area contributed by atoms with E-state index in [0.29, 0.717) is 17.3 Å². The Morgan fingerprint density at radius 3 is 2.67 bits per heavy atom. The molecule has 0 heterocycles. The first-order valence-electron chi connectivity index (χ1n) is 5.33. The normalized spacial score (nSPS) is 9.44. The number of para-hydroxylation sites is 1. The highest BCUT2D eigenvalue weighted by Crippen LogP contribution is 2.22. The number of carbonyl (C=O) groups is 2. The highest BCUT2D eigenvalue weighted by atomic mass is 35.5. The fourth-order valence-electron chi connectivity index (χ4n) is 1.07. The molecule has 0 bridgehead atoms. The van der Waals surface area contributed by atoms with Gasteiger partial charge in [0, 0.05) is 6.54 Å². The molecule has 6 nitrogen and oxygen atoms in total. The van der Waals surface area contributed by atoms with Crippen LogP contribution in [0.1, 0.15) is 6.92 Å². The van der Waals surface area contributed by atoms with Crippen LogP contribution in [0, 0.1) is 0 Å². The highest BCUT2D eigenvalue weighted by molar-refractivity contribution is 6.32. The molecule has 0 aliphatic carbocycles. The number of carbonyl (C=O) groups excluding carboxylic acids is 2. The molecule has 0 fully saturated rings. The van der Waals surface area contributed by atoms with Crippen molar-refractivity contribution in [2.24, 2.45) is 0 Å². The smallest absolute Gasteiger partial charge is 0.333 e. The van der Waals surface area contributed by atoms with Crippen LogP contribution >= 0.6 is 11.6 Å². The maximum Gasteiger partial charge on any atom is 0.333 e. The van der Waals surface area contributed by atoms with Crippen LogP contribution in [0.25, 0.3) is 0 Å². The summed E-state index contributed by atoms with van der Waals surface area (Å²) in [5, 5.41) is 2.88. The molecule has 1 rings (SSSR count). The molecular weight excluding hydrogens is 258 g/mol. The monoisotopic (exact) mass is 271 g/mol. The summed E-state index contributed by atoms with van der Waals surface area (Å²) >= 11 is 5.84. The van der Waals surface area contributed by atoms with E-state index in [9.17, 15) is 9.59 Å². The van der Waals surface area contributed by atoms with Gasteiger partial charge in [-0.15, -0.1) is 0 Å². The van der Waals surface area contributed by atoms with Crippen LogP contribution in [0.15, 0.2) is 24.3 Å². The standard InChI is InChI=1S/C11H14ClN3O3/c1-2-13-11(17)15-14-10(16)7-18-9-6-4-3-5-8(9)12/h3-6H,2,7H2,1H3,(H,14,16)(H2,13,15,17). The summed E-state index contributed by atoms with van der Waals surface area (Å²) in [6.07, 6.45) is 0. The van der Waals surface area contributed by atoms with E-state index in [-0.39, 0.29) is 6.61 Å². The van der Waals surface area contributed by atoms with Crippen LogP contribution in [0.2, 0.25) is 5.02 Å².